The smallest absolute Gasteiger partial charge is 0.103 e. The van der Waals surface area contributed by atoms with Gasteiger partial charge >= 0.3 is 0 Å². The molecule has 0 spiro atoms. The molecule has 0 saturated heterocycles. The van der Waals surface area contributed by atoms with Crippen LogP contribution in [0.15, 0.2) is 24.6 Å². The molecule has 0 heterocycles. The van der Waals surface area contributed by atoms with E-state index in [0.29, 0.717) is 0 Å². The number of rotatable bonds is 2. The zero-order chi connectivity index (χ0) is 7.65. The van der Waals surface area contributed by atoms with E-state index in [0.717, 1.165) is 15.9 Å². The SMILES string of the molecule is C=C(C)[N+](C)(C)C(=C)C.[Cl-]. The van der Waals surface area contributed by atoms with E-state index in [9.17, 15) is 0 Å². The minimum Gasteiger partial charge on any atom is -1.00 e. The molecule has 0 amide bonds. The summed E-state index contributed by atoms with van der Waals surface area (Å²) in [5.41, 5.74) is 2.23. The van der Waals surface area contributed by atoms with Crippen LogP contribution in [0.4, 0.5) is 0 Å². The number of halogens is 1. The fourth-order valence-corrected chi connectivity index (χ4v) is 0.326. The molecule has 0 rings (SSSR count). The summed E-state index contributed by atoms with van der Waals surface area (Å²) < 4.78 is 0.722. The summed E-state index contributed by atoms with van der Waals surface area (Å²) in [5, 5.41) is 0. The zero-order valence-corrected chi connectivity index (χ0v) is 8.00. The molecule has 0 aromatic heterocycles. The van der Waals surface area contributed by atoms with E-state index in [1.807, 2.05) is 13.8 Å². The molecular weight excluding hydrogens is 146 g/mol. The lowest BCUT2D eigenvalue weighted by atomic mass is 10.3. The van der Waals surface area contributed by atoms with Gasteiger partial charge in [-0.25, -0.2) is 0 Å². The zero-order valence-electron chi connectivity index (χ0n) is 7.24. The Labute approximate surface area is 70.0 Å². The minimum atomic E-state index is 0. The number of nitrogens with zero attached hydrogens (tertiary/aromatic N) is 1. The van der Waals surface area contributed by atoms with Gasteiger partial charge in [-0.1, -0.05) is 0 Å². The highest BCUT2D eigenvalue weighted by Crippen LogP contribution is 2.14. The van der Waals surface area contributed by atoms with Gasteiger partial charge in [0.25, 0.3) is 0 Å². The van der Waals surface area contributed by atoms with E-state index in [1.165, 1.54) is 0 Å². The first-order valence-electron chi connectivity index (χ1n) is 3.05. The minimum absolute atomic E-state index is 0. The first-order chi connectivity index (χ1) is 3.89. The summed E-state index contributed by atoms with van der Waals surface area (Å²) in [6.07, 6.45) is 0. The van der Waals surface area contributed by atoms with Crippen LogP contribution in [0, 0.1) is 0 Å². The Morgan fingerprint density at radius 3 is 1.20 bits per heavy atom. The standard InChI is InChI=1S/C8H16N.ClH/c1-7(2)9(5,6)8(3)4;/h1,3H2,2,4-6H3;1H/q+1;/p-1. The Morgan fingerprint density at radius 1 is 1.00 bits per heavy atom. The van der Waals surface area contributed by atoms with Gasteiger partial charge in [0.15, 0.2) is 0 Å². The van der Waals surface area contributed by atoms with Crippen LogP contribution in [0.3, 0.4) is 0 Å². The van der Waals surface area contributed by atoms with Crippen molar-refractivity contribution in [1.29, 1.82) is 0 Å². The monoisotopic (exact) mass is 161 g/mol. The summed E-state index contributed by atoms with van der Waals surface area (Å²) in [6, 6.07) is 0. The Kier molecular flexibility index (Phi) is 4.70. The van der Waals surface area contributed by atoms with E-state index >= 15 is 0 Å². The molecule has 0 aromatic carbocycles. The van der Waals surface area contributed by atoms with Crippen LogP contribution in [-0.4, -0.2) is 18.6 Å². The lowest BCUT2D eigenvalue weighted by Gasteiger charge is -2.28. The lowest BCUT2D eigenvalue weighted by Crippen LogP contribution is -3.00. The van der Waals surface area contributed by atoms with Crippen molar-refractivity contribution in [2.45, 2.75) is 13.8 Å². The largest absolute Gasteiger partial charge is 1.00 e. The predicted octanol–water partition coefficient (Wildman–Crippen LogP) is -0.866. The van der Waals surface area contributed by atoms with Gasteiger partial charge in [0.2, 0.25) is 0 Å². The first-order valence-corrected chi connectivity index (χ1v) is 3.05. The van der Waals surface area contributed by atoms with Crippen LogP contribution >= 0.6 is 0 Å². The molecule has 0 bridgehead atoms. The number of quaternary nitrogens is 1. The first kappa shape index (κ1) is 12.4. The van der Waals surface area contributed by atoms with Crippen LogP contribution in [0.5, 0.6) is 0 Å². The van der Waals surface area contributed by atoms with Crippen LogP contribution in [-0.2, 0) is 0 Å². The maximum atomic E-state index is 3.86. The van der Waals surface area contributed by atoms with Gasteiger partial charge in [-0.2, -0.15) is 0 Å². The molecule has 0 N–H and O–H groups in total. The number of allylic oxidation sites excluding steroid dienone is 2. The molecule has 0 aliphatic carbocycles. The highest BCUT2D eigenvalue weighted by atomic mass is 35.5. The molecular formula is C8H16ClN. The van der Waals surface area contributed by atoms with Gasteiger partial charge in [-0.3, -0.25) is 4.48 Å². The highest BCUT2D eigenvalue weighted by molar-refractivity contribution is 4.86. The van der Waals surface area contributed by atoms with Gasteiger partial charge in [-0.05, 0) is 13.2 Å². The number of hydrogen-bond donors (Lipinski definition) is 0. The maximum Gasteiger partial charge on any atom is 0.103 e. The van der Waals surface area contributed by atoms with Crippen LogP contribution in [0.1, 0.15) is 13.8 Å². The third-order valence-corrected chi connectivity index (χ3v) is 1.91. The van der Waals surface area contributed by atoms with Crippen molar-refractivity contribution < 1.29 is 16.9 Å². The van der Waals surface area contributed by atoms with Gasteiger partial charge < -0.3 is 12.4 Å². The molecule has 0 saturated carbocycles. The topological polar surface area (TPSA) is 0 Å². The second kappa shape index (κ2) is 3.79. The molecule has 10 heavy (non-hydrogen) atoms. The molecule has 0 aromatic rings. The van der Waals surface area contributed by atoms with E-state index in [1.54, 1.807) is 0 Å². The second-order valence-corrected chi connectivity index (χ2v) is 2.92. The molecule has 0 radical (unpaired) electrons. The van der Waals surface area contributed by atoms with Crippen LogP contribution in [0.2, 0.25) is 0 Å². The fourth-order valence-electron chi connectivity index (χ4n) is 0.326. The highest BCUT2D eigenvalue weighted by Gasteiger charge is 2.16. The Bertz CT molecular complexity index is 131. The molecule has 0 atom stereocenters. The lowest BCUT2D eigenvalue weighted by molar-refractivity contribution is -0.812. The molecule has 60 valence electrons. The van der Waals surface area contributed by atoms with Crippen molar-refractivity contribution in [2.75, 3.05) is 14.1 Å². The molecule has 0 aliphatic rings. The Hall–Kier alpha value is -0.270. The molecule has 2 heteroatoms. The van der Waals surface area contributed by atoms with Crippen molar-refractivity contribution in [2.24, 2.45) is 0 Å². The normalized spacial score (nSPS) is 10.0. The van der Waals surface area contributed by atoms with Gasteiger partial charge in [-0.15, -0.1) is 0 Å². The van der Waals surface area contributed by atoms with Crippen molar-refractivity contribution >= 4 is 0 Å². The van der Waals surface area contributed by atoms with E-state index < -0.39 is 0 Å². The summed E-state index contributed by atoms with van der Waals surface area (Å²) in [5.74, 6) is 0. The quantitative estimate of drug-likeness (QED) is 0.463. The van der Waals surface area contributed by atoms with Gasteiger partial charge in [0.1, 0.15) is 11.4 Å². The molecule has 0 aliphatic heterocycles. The average Bonchev–Trinajstić information content (AvgIpc) is 1.65. The second-order valence-electron chi connectivity index (χ2n) is 2.92. The van der Waals surface area contributed by atoms with E-state index in [4.69, 9.17) is 0 Å². The summed E-state index contributed by atoms with van der Waals surface area (Å²) in [6.45, 7) is 11.7. The van der Waals surface area contributed by atoms with Crippen molar-refractivity contribution in [3.63, 3.8) is 0 Å². The summed E-state index contributed by atoms with van der Waals surface area (Å²) in [4.78, 5) is 0. The molecule has 1 nitrogen and oxygen atoms in total. The maximum absolute atomic E-state index is 3.86. The number of hydrogen-bond acceptors (Lipinski definition) is 0. The van der Waals surface area contributed by atoms with E-state index in [-0.39, 0.29) is 12.4 Å². The Balaban J connectivity index is 0. The van der Waals surface area contributed by atoms with Gasteiger partial charge in [0, 0.05) is 13.8 Å². The predicted molar refractivity (Wildman–Crippen MR) is 41.7 cm³/mol. The van der Waals surface area contributed by atoms with Crippen LogP contribution in [0.25, 0.3) is 0 Å². The third kappa shape index (κ3) is 2.54. The van der Waals surface area contributed by atoms with Crippen molar-refractivity contribution in [1.82, 2.24) is 0 Å². The molecule has 0 unspecified atom stereocenters. The van der Waals surface area contributed by atoms with Crippen molar-refractivity contribution in [3.05, 3.63) is 24.6 Å². The Morgan fingerprint density at radius 2 is 1.20 bits per heavy atom. The summed E-state index contributed by atoms with van der Waals surface area (Å²) in [7, 11) is 4.15. The van der Waals surface area contributed by atoms with Crippen LogP contribution < -0.4 is 12.4 Å². The van der Waals surface area contributed by atoms with Gasteiger partial charge in [0.05, 0.1) is 14.1 Å². The average molecular weight is 162 g/mol. The van der Waals surface area contributed by atoms with Crippen molar-refractivity contribution in [3.8, 4) is 0 Å². The third-order valence-electron chi connectivity index (χ3n) is 1.91. The summed E-state index contributed by atoms with van der Waals surface area (Å²) >= 11 is 0. The molecule has 0 fully saturated rings. The van der Waals surface area contributed by atoms with E-state index in [2.05, 4.69) is 27.3 Å². The fraction of sp³-hybridized carbons (Fsp3) is 0.500.